The summed E-state index contributed by atoms with van der Waals surface area (Å²) < 4.78 is 0. The number of anilines is 2. The Balaban J connectivity index is 1.21. The number of hydrogen-bond acceptors (Lipinski definition) is 5. The van der Waals surface area contributed by atoms with Crippen molar-refractivity contribution < 1.29 is 4.79 Å². The first-order chi connectivity index (χ1) is 14.7. The van der Waals surface area contributed by atoms with Crippen molar-refractivity contribution in [2.45, 2.75) is 70.3 Å². The van der Waals surface area contributed by atoms with Gasteiger partial charge in [0.25, 0.3) is 0 Å². The fourth-order valence-electron chi connectivity index (χ4n) is 5.25. The number of carbonyl (C=O) groups excluding carboxylic acids is 1. The third kappa shape index (κ3) is 3.80. The van der Waals surface area contributed by atoms with Gasteiger partial charge in [-0.2, -0.15) is 0 Å². The predicted molar refractivity (Wildman–Crippen MR) is 118 cm³/mol. The van der Waals surface area contributed by atoms with E-state index in [1.165, 1.54) is 43.4 Å². The van der Waals surface area contributed by atoms with Crippen LogP contribution in [0.15, 0.2) is 24.5 Å². The molecule has 1 aliphatic carbocycles. The number of aryl methyl sites for hydroxylation is 3. The first-order valence-electron chi connectivity index (χ1n) is 11.5. The van der Waals surface area contributed by atoms with Crippen LogP contribution in [-0.4, -0.2) is 40.5 Å². The minimum atomic E-state index is -0.0498. The lowest BCUT2D eigenvalue weighted by Gasteiger charge is -2.36. The van der Waals surface area contributed by atoms with Gasteiger partial charge in [-0.3, -0.25) is 9.78 Å². The predicted octanol–water partition coefficient (Wildman–Crippen LogP) is 3.72. The summed E-state index contributed by atoms with van der Waals surface area (Å²) in [4.78, 5) is 30.5. The molecule has 2 fully saturated rings. The van der Waals surface area contributed by atoms with Gasteiger partial charge in [0.2, 0.25) is 5.91 Å². The molecule has 30 heavy (non-hydrogen) atoms. The van der Waals surface area contributed by atoms with Crippen LogP contribution in [-0.2, 0) is 24.1 Å². The SMILES string of the molecule is CN1C(=O)[C@H]2CCCN2c2nc(CCc3ccc(CCC4CCCC4)nc3)ncc21. The summed E-state index contributed by atoms with van der Waals surface area (Å²) >= 11 is 0. The summed E-state index contributed by atoms with van der Waals surface area (Å²) in [5, 5.41) is 0. The molecule has 0 radical (unpaired) electrons. The molecule has 158 valence electrons. The maximum absolute atomic E-state index is 12.5. The van der Waals surface area contributed by atoms with Crippen molar-refractivity contribution in [3.8, 4) is 0 Å². The zero-order chi connectivity index (χ0) is 20.5. The number of amides is 1. The van der Waals surface area contributed by atoms with Gasteiger partial charge in [-0.15, -0.1) is 0 Å². The van der Waals surface area contributed by atoms with Gasteiger partial charge in [0.05, 0.1) is 6.20 Å². The van der Waals surface area contributed by atoms with Crippen LogP contribution in [0, 0.1) is 5.92 Å². The number of aromatic nitrogens is 3. The van der Waals surface area contributed by atoms with E-state index in [-0.39, 0.29) is 11.9 Å². The molecule has 1 saturated carbocycles. The largest absolute Gasteiger partial charge is 0.343 e. The Hall–Kier alpha value is -2.50. The molecule has 2 aliphatic heterocycles. The van der Waals surface area contributed by atoms with Gasteiger partial charge < -0.3 is 9.80 Å². The lowest BCUT2D eigenvalue weighted by Crippen LogP contribution is -2.49. The molecule has 5 rings (SSSR count). The molecule has 0 aromatic carbocycles. The number of fused-ring (bicyclic) bond motifs is 3. The molecular formula is C24H31N5O. The van der Waals surface area contributed by atoms with E-state index >= 15 is 0 Å². The summed E-state index contributed by atoms with van der Waals surface area (Å²) in [6.45, 7) is 0.903. The molecule has 2 aromatic rings. The van der Waals surface area contributed by atoms with Crippen LogP contribution in [0.4, 0.5) is 11.5 Å². The lowest BCUT2D eigenvalue weighted by molar-refractivity contribution is -0.119. The molecule has 2 aromatic heterocycles. The highest BCUT2D eigenvalue weighted by Crippen LogP contribution is 2.37. The fourth-order valence-corrected chi connectivity index (χ4v) is 5.25. The van der Waals surface area contributed by atoms with E-state index in [1.807, 2.05) is 19.4 Å². The molecule has 3 aliphatic rings. The van der Waals surface area contributed by atoms with Crippen molar-refractivity contribution >= 4 is 17.4 Å². The summed E-state index contributed by atoms with van der Waals surface area (Å²) in [5.74, 6) is 2.84. The van der Waals surface area contributed by atoms with Gasteiger partial charge in [-0.05, 0) is 49.7 Å². The van der Waals surface area contributed by atoms with Gasteiger partial charge in [-0.1, -0.05) is 31.7 Å². The number of carbonyl (C=O) groups is 1. The highest BCUT2D eigenvalue weighted by molar-refractivity contribution is 6.04. The first kappa shape index (κ1) is 19.5. The molecule has 0 spiro atoms. The van der Waals surface area contributed by atoms with Crippen LogP contribution >= 0.6 is 0 Å². The normalized spacial score (nSPS) is 21.2. The highest BCUT2D eigenvalue weighted by atomic mass is 16.2. The third-order valence-corrected chi connectivity index (χ3v) is 7.11. The second-order valence-electron chi connectivity index (χ2n) is 9.09. The Morgan fingerprint density at radius 3 is 2.67 bits per heavy atom. The zero-order valence-corrected chi connectivity index (χ0v) is 17.9. The van der Waals surface area contributed by atoms with E-state index in [0.29, 0.717) is 0 Å². The summed E-state index contributed by atoms with van der Waals surface area (Å²) in [5.41, 5.74) is 3.27. The van der Waals surface area contributed by atoms with E-state index in [4.69, 9.17) is 9.97 Å². The standard InChI is InChI=1S/C24H31N5O/c1-28-21-16-26-22(27-23(21)29-14-4-7-20(29)24(28)30)13-10-18-9-12-19(25-15-18)11-8-17-5-2-3-6-17/h9,12,15-17,20H,2-8,10-11,13-14H2,1H3/t20-/m1/s1. The zero-order valence-electron chi connectivity index (χ0n) is 17.9. The van der Waals surface area contributed by atoms with Gasteiger partial charge in [0, 0.05) is 31.9 Å². The van der Waals surface area contributed by atoms with Gasteiger partial charge in [-0.25, -0.2) is 9.97 Å². The van der Waals surface area contributed by atoms with Crippen molar-refractivity contribution in [1.82, 2.24) is 15.0 Å². The summed E-state index contributed by atoms with van der Waals surface area (Å²) in [6.07, 6.45) is 15.5. The minimum Gasteiger partial charge on any atom is -0.343 e. The Bertz CT molecular complexity index is 906. The van der Waals surface area contributed by atoms with Crippen LogP contribution in [0.3, 0.4) is 0 Å². The number of nitrogens with zero attached hydrogens (tertiary/aromatic N) is 5. The van der Waals surface area contributed by atoms with Crippen LogP contribution in [0.5, 0.6) is 0 Å². The van der Waals surface area contributed by atoms with Crippen molar-refractivity contribution in [3.63, 3.8) is 0 Å². The Kier molecular flexibility index (Phi) is 5.40. The van der Waals surface area contributed by atoms with Gasteiger partial charge >= 0.3 is 0 Å². The summed E-state index contributed by atoms with van der Waals surface area (Å²) in [6, 6.07) is 4.34. The maximum Gasteiger partial charge on any atom is 0.249 e. The number of hydrogen-bond donors (Lipinski definition) is 0. The monoisotopic (exact) mass is 405 g/mol. The maximum atomic E-state index is 12.5. The number of pyridine rings is 1. The fraction of sp³-hybridized carbons (Fsp3) is 0.583. The van der Waals surface area contributed by atoms with E-state index < -0.39 is 0 Å². The molecule has 1 saturated heterocycles. The van der Waals surface area contributed by atoms with E-state index in [2.05, 4.69) is 22.0 Å². The minimum absolute atomic E-state index is 0.0498. The average Bonchev–Trinajstić information content (AvgIpc) is 3.47. The second-order valence-corrected chi connectivity index (χ2v) is 9.09. The Morgan fingerprint density at radius 2 is 1.87 bits per heavy atom. The quantitative estimate of drug-likeness (QED) is 0.733. The van der Waals surface area contributed by atoms with Crippen LogP contribution < -0.4 is 9.80 Å². The molecule has 4 heterocycles. The molecule has 0 bridgehead atoms. The van der Waals surface area contributed by atoms with E-state index in [9.17, 15) is 4.79 Å². The smallest absolute Gasteiger partial charge is 0.249 e. The van der Waals surface area contributed by atoms with Crippen molar-refractivity contribution in [2.24, 2.45) is 5.92 Å². The topological polar surface area (TPSA) is 62.2 Å². The molecule has 6 nitrogen and oxygen atoms in total. The summed E-state index contributed by atoms with van der Waals surface area (Å²) in [7, 11) is 1.83. The molecular weight excluding hydrogens is 374 g/mol. The molecule has 0 unspecified atom stereocenters. The third-order valence-electron chi connectivity index (χ3n) is 7.11. The number of likely N-dealkylation sites (N-methyl/N-ethyl adjacent to an activating group) is 1. The van der Waals surface area contributed by atoms with Crippen molar-refractivity contribution in [1.29, 1.82) is 0 Å². The first-order valence-corrected chi connectivity index (χ1v) is 11.5. The Morgan fingerprint density at radius 1 is 1.00 bits per heavy atom. The highest BCUT2D eigenvalue weighted by Gasteiger charge is 2.40. The van der Waals surface area contributed by atoms with Gasteiger partial charge in [0.1, 0.15) is 17.6 Å². The molecule has 1 atom stereocenters. The van der Waals surface area contributed by atoms with Crippen molar-refractivity contribution in [3.05, 3.63) is 41.6 Å². The van der Waals surface area contributed by atoms with E-state index in [1.54, 1.807) is 4.90 Å². The van der Waals surface area contributed by atoms with Crippen LogP contribution in [0.1, 0.15) is 62.0 Å². The lowest BCUT2D eigenvalue weighted by atomic mass is 10.00. The van der Waals surface area contributed by atoms with Crippen LogP contribution in [0.2, 0.25) is 0 Å². The Labute approximate surface area is 178 Å². The van der Waals surface area contributed by atoms with Crippen LogP contribution in [0.25, 0.3) is 0 Å². The van der Waals surface area contributed by atoms with Crippen molar-refractivity contribution in [2.75, 3.05) is 23.4 Å². The average molecular weight is 406 g/mol. The van der Waals surface area contributed by atoms with Gasteiger partial charge in [0.15, 0.2) is 5.82 Å². The molecule has 6 heteroatoms. The van der Waals surface area contributed by atoms with E-state index in [0.717, 1.165) is 61.9 Å². The molecule has 0 N–H and O–H groups in total. The number of rotatable bonds is 6. The second kappa shape index (κ2) is 8.32. The molecule has 1 amide bonds.